The number of aliphatic hydroxyl groups is 1. The van der Waals surface area contributed by atoms with Gasteiger partial charge in [-0.05, 0) is 31.0 Å². The van der Waals surface area contributed by atoms with Crippen LogP contribution in [0.3, 0.4) is 0 Å². The van der Waals surface area contributed by atoms with Crippen LogP contribution in [-0.2, 0) is 0 Å². The van der Waals surface area contributed by atoms with Crippen molar-refractivity contribution in [2.75, 3.05) is 24.1 Å². The summed E-state index contributed by atoms with van der Waals surface area (Å²) in [6, 6.07) is 5.08. The van der Waals surface area contributed by atoms with E-state index in [4.69, 9.17) is 5.73 Å². The fourth-order valence-corrected chi connectivity index (χ4v) is 1.61. The van der Waals surface area contributed by atoms with Crippen LogP contribution in [0.4, 0.5) is 11.4 Å². The fraction of sp³-hybridized carbons (Fsp3) is 0.500. The Balaban J connectivity index is 2.85. The maximum atomic E-state index is 11.9. The van der Waals surface area contributed by atoms with E-state index in [1.54, 1.807) is 18.2 Å². The summed E-state index contributed by atoms with van der Waals surface area (Å²) in [6.07, 6.45) is -0.469. The number of amides is 1. The molecule has 0 saturated heterocycles. The van der Waals surface area contributed by atoms with E-state index in [1.165, 1.54) is 0 Å². The molecule has 1 atom stereocenters. The molecule has 0 fully saturated rings. The number of nitrogen functional groups attached to an aromatic ring is 1. The topological polar surface area (TPSA) is 87.4 Å². The van der Waals surface area contributed by atoms with Crippen LogP contribution < -0.4 is 16.4 Å². The minimum absolute atomic E-state index is 0.149. The predicted octanol–water partition coefficient (Wildman–Crippen LogP) is 1.45. The number of hydrogen-bond acceptors (Lipinski definition) is 4. The summed E-state index contributed by atoms with van der Waals surface area (Å²) in [5.74, 6) is 0.00511. The van der Waals surface area contributed by atoms with Gasteiger partial charge >= 0.3 is 0 Å². The molecule has 1 unspecified atom stereocenters. The lowest BCUT2D eigenvalue weighted by atomic mass is 10.1. The Labute approximate surface area is 114 Å². The quantitative estimate of drug-likeness (QED) is 0.586. The number of nitrogens with two attached hydrogens (primary N) is 1. The van der Waals surface area contributed by atoms with Gasteiger partial charge < -0.3 is 21.5 Å². The van der Waals surface area contributed by atoms with Crippen LogP contribution in [-0.4, -0.2) is 30.2 Å². The van der Waals surface area contributed by atoms with Crippen molar-refractivity contribution in [3.8, 4) is 0 Å². The first kappa shape index (κ1) is 15.3. The summed E-state index contributed by atoms with van der Waals surface area (Å²) >= 11 is 0. The molecule has 1 rings (SSSR count). The van der Waals surface area contributed by atoms with Gasteiger partial charge in [-0.3, -0.25) is 4.79 Å². The van der Waals surface area contributed by atoms with Gasteiger partial charge in [-0.2, -0.15) is 0 Å². The van der Waals surface area contributed by atoms with E-state index < -0.39 is 6.10 Å². The number of benzene rings is 1. The first-order valence-electron chi connectivity index (χ1n) is 6.55. The molecule has 0 aliphatic rings. The third-order valence-corrected chi connectivity index (χ3v) is 2.90. The van der Waals surface area contributed by atoms with Gasteiger partial charge in [0.25, 0.3) is 5.91 Å². The minimum atomic E-state index is -0.469. The van der Waals surface area contributed by atoms with E-state index in [-0.39, 0.29) is 11.8 Å². The number of nitrogens with one attached hydrogen (secondary N) is 2. The smallest absolute Gasteiger partial charge is 0.253 e. The van der Waals surface area contributed by atoms with E-state index in [0.717, 1.165) is 0 Å². The van der Waals surface area contributed by atoms with Gasteiger partial charge in [-0.15, -0.1) is 0 Å². The normalized spacial score (nSPS) is 12.3. The summed E-state index contributed by atoms with van der Waals surface area (Å²) in [6.45, 7) is 6.70. The lowest BCUT2D eigenvalue weighted by Gasteiger charge is -2.18. The molecule has 0 saturated carbocycles. The van der Waals surface area contributed by atoms with Gasteiger partial charge in [0.2, 0.25) is 0 Å². The van der Waals surface area contributed by atoms with Gasteiger partial charge in [0.05, 0.1) is 11.7 Å². The van der Waals surface area contributed by atoms with Crippen molar-refractivity contribution in [3.05, 3.63) is 23.8 Å². The zero-order valence-electron chi connectivity index (χ0n) is 11.7. The van der Waals surface area contributed by atoms with Crippen LogP contribution in [0, 0.1) is 5.92 Å². The molecule has 5 heteroatoms. The van der Waals surface area contributed by atoms with Gasteiger partial charge in [-0.1, -0.05) is 13.8 Å². The summed E-state index contributed by atoms with van der Waals surface area (Å²) < 4.78 is 0. The lowest BCUT2D eigenvalue weighted by molar-refractivity contribution is 0.0956. The van der Waals surface area contributed by atoms with Crippen molar-refractivity contribution in [1.29, 1.82) is 0 Å². The molecule has 0 aromatic heterocycles. The maximum absolute atomic E-state index is 11.9. The second-order valence-electron chi connectivity index (χ2n) is 4.86. The number of anilines is 2. The van der Waals surface area contributed by atoms with Crippen LogP contribution in [0.25, 0.3) is 0 Å². The van der Waals surface area contributed by atoms with E-state index in [2.05, 4.69) is 10.6 Å². The Hall–Kier alpha value is -1.75. The standard InChI is InChI=1S/C14H23N3O2/c1-4-16-14(19)11-6-5-10(15)7-12(11)17-8-13(18)9(2)3/h5-7,9,13,17-18H,4,8,15H2,1-3H3,(H,16,19). The Morgan fingerprint density at radius 2 is 2.11 bits per heavy atom. The van der Waals surface area contributed by atoms with Gasteiger partial charge in [0.15, 0.2) is 0 Å². The number of aliphatic hydroxyl groups excluding tert-OH is 1. The zero-order chi connectivity index (χ0) is 14.4. The van der Waals surface area contributed by atoms with E-state index in [1.807, 2.05) is 20.8 Å². The molecular formula is C14H23N3O2. The van der Waals surface area contributed by atoms with E-state index in [0.29, 0.717) is 30.0 Å². The van der Waals surface area contributed by atoms with Crippen molar-refractivity contribution >= 4 is 17.3 Å². The summed E-state index contributed by atoms with van der Waals surface area (Å²) in [5.41, 5.74) is 7.49. The van der Waals surface area contributed by atoms with Gasteiger partial charge in [0, 0.05) is 24.5 Å². The van der Waals surface area contributed by atoms with Gasteiger partial charge in [-0.25, -0.2) is 0 Å². The number of carbonyl (C=O) groups is 1. The largest absolute Gasteiger partial charge is 0.399 e. The molecule has 1 aromatic carbocycles. The van der Waals surface area contributed by atoms with Crippen LogP contribution in [0.15, 0.2) is 18.2 Å². The lowest BCUT2D eigenvalue weighted by Crippen LogP contribution is -2.27. The first-order valence-corrected chi connectivity index (χ1v) is 6.55. The fourth-order valence-electron chi connectivity index (χ4n) is 1.61. The molecule has 106 valence electrons. The molecule has 0 spiro atoms. The van der Waals surface area contributed by atoms with E-state index >= 15 is 0 Å². The Kier molecular flexibility index (Phi) is 5.63. The molecule has 0 bridgehead atoms. The second-order valence-corrected chi connectivity index (χ2v) is 4.86. The van der Waals surface area contributed by atoms with Crippen molar-refractivity contribution < 1.29 is 9.90 Å². The molecule has 1 aromatic rings. The summed E-state index contributed by atoms with van der Waals surface area (Å²) in [7, 11) is 0. The highest BCUT2D eigenvalue weighted by Crippen LogP contribution is 2.19. The summed E-state index contributed by atoms with van der Waals surface area (Å²) in [5, 5.41) is 15.6. The number of rotatable bonds is 6. The van der Waals surface area contributed by atoms with Crippen molar-refractivity contribution in [1.82, 2.24) is 5.32 Å². The third kappa shape index (κ3) is 4.44. The molecule has 5 nitrogen and oxygen atoms in total. The molecule has 0 aliphatic heterocycles. The average Bonchev–Trinajstić information content (AvgIpc) is 2.36. The van der Waals surface area contributed by atoms with Gasteiger partial charge in [0.1, 0.15) is 0 Å². The van der Waals surface area contributed by atoms with Crippen molar-refractivity contribution in [2.45, 2.75) is 26.9 Å². The number of carbonyl (C=O) groups excluding carboxylic acids is 1. The highest BCUT2D eigenvalue weighted by molar-refractivity contribution is 6.00. The van der Waals surface area contributed by atoms with Crippen LogP contribution in [0.2, 0.25) is 0 Å². The van der Waals surface area contributed by atoms with Crippen LogP contribution >= 0.6 is 0 Å². The Morgan fingerprint density at radius 3 is 2.68 bits per heavy atom. The molecule has 0 radical (unpaired) electrons. The monoisotopic (exact) mass is 265 g/mol. The molecule has 0 heterocycles. The maximum Gasteiger partial charge on any atom is 0.253 e. The molecule has 19 heavy (non-hydrogen) atoms. The van der Waals surface area contributed by atoms with Crippen LogP contribution in [0.5, 0.6) is 0 Å². The average molecular weight is 265 g/mol. The Morgan fingerprint density at radius 1 is 1.42 bits per heavy atom. The SMILES string of the molecule is CCNC(=O)c1ccc(N)cc1NCC(O)C(C)C. The highest BCUT2D eigenvalue weighted by Gasteiger charge is 2.13. The van der Waals surface area contributed by atoms with Crippen molar-refractivity contribution in [2.24, 2.45) is 5.92 Å². The predicted molar refractivity (Wildman–Crippen MR) is 78.2 cm³/mol. The third-order valence-electron chi connectivity index (χ3n) is 2.90. The zero-order valence-corrected chi connectivity index (χ0v) is 11.7. The molecule has 0 aliphatic carbocycles. The molecular weight excluding hydrogens is 242 g/mol. The van der Waals surface area contributed by atoms with Crippen molar-refractivity contribution in [3.63, 3.8) is 0 Å². The number of hydrogen-bond donors (Lipinski definition) is 4. The highest BCUT2D eigenvalue weighted by atomic mass is 16.3. The molecule has 1 amide bonds. The molecule has 5 N–H and O–H groups in total. The second kappa shape index (κ2) is 6.99. The van der Waals surface area contributed by atoms with E-state index in [9.17, 15) is 9.90 Å². The first-order chi connectivity index (χ1) is 8.95. The summed E-state index contributed by atoms with van der Waals surface area (Å²) in [4.78, 5) is 11.9. The van der Waals surface area contributed by atoms with Crippen LogP contribution in [0.1, 0.15) is 31.1 Å². The minimum Gasteiger partial charge on any atom is -0.399 e. The Bertz CT molecular complexity index is 433.